The zero-order valence-electron chi connectivity index (χ0n) is 18.8. The van der Waals surface area contributed by atoms with Gasteiger partial charge in [0.25, 0.3) is 5.91 Å². The Morgan fingerprint density at radius 2 is 1.85 bits per heavy atom. The van der Waals surface area contributed by atoms with E-state index in [1.165, 1.54) is 5.56 Å². The number of nitrogens with one attached hydrogen (secondary N) is 3. The summed E-state index contributed by atoms with van der Waals surface area (Å²) in [5.74, 6) is -0.543. The molecule has 8 nitrogen and oxygen atoms in total. The summed E-state index contributed by atoms with van der Waals surface area (Å²) < 4.78 is 0. The van der Waals surface area contributed by atoms with E-state index >= 15 is 0 Å². The predicted molar refractivity (Wildman–Crippen MR) is 124 cm³/mol. The zero-order chi connectivity index (χ0) is 23.3. The molecule has 1 aliphatic heterocycles. The molecule has 1 aromatic heterocycles. The maximum atomic E-state index is 13.2. The molecule has 2 heterocycles. The summed E-state index contributed by atoms with van der Waals surface area (Å²) in [4.78, 5) is 39.5. The van der Waals surface area contributed by atoms with Crippen LogP contribution in [-0.2, 0) is 21.5 Å². The Labute approximate surface area is 191 Å². The van der Waals surface area contributed by atoms with Gasteiger partial charge >= 0.3 is 6.03 Å². The molecule has 3 aromatic rings. The van der Waals surface area contributed by atoms with Gasteiger partial charge in [-0.15, -0.1) is 0 Å². The highest BCUT2D eigenvalue weighted by Crippen LogP contribution is 2.41. The lowest BCUT2D eigenvalue weighted by Gasteiger charge is -2.22. The first-order chi connectivity index (χ1) is 15.8. The number of aromatic amines is 1. The maximum Gasteiger partial charge on any atom is 0.325 e. The van der Waals surface area contributed by atoms with Crippen molar-refractivity contribution in [2.75, 3.05) is 11.9 Å². The number of imide groups is 1. The third-order valence-corrected chi connectivity index (χ3v) is 6.70. The van der Waals surface area contributed by atoms with Crippen LogP contribution < -0.4 is 10.6 Å². The fourth-order valence-electron chi connectivity index (χ4n) is 4.83. The van der Waals surface area contributed by atoms with Crippen molar-refractivity contribution in [3.05, 3.63) is 70.3 Å². The molecule has 1 saturated heterocycles. The van der Waals surface area contributed by atoms with E-state index in [-0.39, 0.29) is 12.5 Å². The van der Waals surface area contributed by atoms with E-state index in [0.29, 0.717) is 18.7 Å². The van der Waals surface area contributed by atoms with Crippen molar-refractivity contribution >= 4 is 23.7 Å². The Kier molecular flexibility index (Phi) is 4.81. The summed E-state index contributed by atoms with van der Waals surface area (Å²) >= 11 is 0. The monoisotopic (exact) mass is 443 g/mol. The van der Waals surface area contributed by atoms with Crippen LogP contribution in [0.25, 0.3) is 11.3 Å². The average molecular weight is 444 g/mol. The van der Waals surface area contributed by atoms with Gasteiger partial charge in [0.1, 0.15) is 12.1 Å². The number of aromatic nitrogens is 2. The minimum absolute atomic E-state index is 0.334. The molecule has 0 radical (unpaired) electrons. The summed E-state index contributed by atoms with van der Waals surface area (Å²) in [5, 5.41) is 12.7. The number of carbonyl (C=O) groups excluding carboxylic acids is 3. The van der Waals surface area contributed by atoms with Gasteiger partial charge in [-0.1, -0.05) is 30.3 Å². The minimum atomic E-state index is -1.08. The number of benzene rings is 2. The SMILES string of the molecule is Cc1cc(C)c(-c2cc(NC(=O)CN3C(=O)NC4(CCc5ccccc54)C3=O)n[nH]2)cc1C. The number of carbonyl (C=O) groups is 3. The number of aryl methyl sites for hydroxylation is 4. The van der Waals surface area contributed by atoms with Crippen molar-refractivity contribution in [2.45, 2.75) is 39.2 Å². The van der Waals surface area contributed by atoms with Crippen molar-refractivity contribution < 1.29 is 14.4 Å². The van der Waals surface area contributed by atoms with Crippen LogP contribution in [0.2, 0.25) is 0 Å². The molecule has 2 aliphatic rings. The summed E-state index contributed by atoms with van der Waals surface area (Å²) in [6.07, 6.45) is 1.20. The Morgan fingerprint density at radius 1 is 1.09 bits per heavy atom. The van der Waals surface area contributed by atoms with E-state index in [1.807, 2.05) is 38.1 Å². The molecule has 1 fully saturated rings. The molecule has 1 unspecified atom stereocenters. The van der Waals surface area contributed by atoms with Crippen molar-refractivity contribution in [2.24, 2.45) is 0 Å². The highest BCUT2D eigenvalue weighted by Gasteiger charge is 2.55. The lowest BCUT2D eigenvalue weighted by Crippen LogP contribution is -2.43. The molecular weight excluding hydrogens is 418 g/mol. The highest BCUT2D eigenvalue weighted by molar-refractivity contribution is 6.10. The van der Waals surface area contributed by atoms with Crippen molar-refractivity contribution in [1.82, 2.24) is 20.4 Å². The Morgan fingerprint density at radius 3 is 2.67 bits per heavy atom. The molecule has 5 rings (SSSR count). The van der Waals surface area contributed by atoms with Gasteiger partial charge in [0.05, 0.1) is 5.69 Å². The van der Waals surface area contributed by atoms with Crippen LogP contribution in [0.15, 0.2) is 42.5 Å². The molecule has 0 bridgehead atoms. The minimum Gasteiger partial charge on any atom is -0.319 e. The van der Waals surface area contributed by atoms with Gasteiger partial charge in [0.15, 0.2) is 5.82 Å². The second-order valence-electron chi connectivity index (χ2n) is 8.85. The third kappa shape index (κ3) is 3.38. The fraction of sp³-hybridized carbons (Fsp3) is 0.280. The molecule has 0 saturated carbocycles. The van der Waals surface area contributed by atoms with E-state index in [0.717, 1.165) is 38.4 Å². The lowest BCUT2D eigenvalue weighted by atomic mass is 9.92. The van der Waals surface area contributed by atoms with Crippen LogP contribution >= 0.6 is 0 Å². The number of hydrogen-bond acceptors (Lipinski definition) is 4. The second kappa shape index (κ2) is 7.58. The van der Waals surface area contributed by atoms with Gasteiger partial charge in [-0.05, 0) is 67.5 Å². The standard InChI is InChI=1S/C25H25N5O3/c1-14-10-16(3)18(11-15(14)2)20-12-21(29-28-20)26-22(31)13-30-23(32)25(27-24(30)33)9-8-17-6-4-5-7-19(17)25/h4-7,10-12H,8-9,13H2,1-3H3,(H,27,33)(H2,26,28,29,31). The van der Waals surface area contributed by atoms with Gasteiger partial charge in [-0.2, -0.15) is 5.10 Å². The van der Waals surface area contributed by atoms with Gasteiger partial charge in [-0.3, -0.25) is 19.6 Å². The van der Waals surface area contributed by atoms with Gasteiger partial charge in [0.2, 0.25) is 5.91 Å². The van der Waals surface area contributed by atoms with E-state index in [2.05, 4.69) is 39.9 Å². The molecule has 1 spiro atoms. The first-order valence-electron chi connectivity index (χ1n) is 10.9. The molecule has 8 heteroatoms. The maximum absolute atomic E-state index is 13.2. The Bertz CT molecular complexity index is 1310. The molecular formula is C25H25N5O3. The Balaban J connectivity index is 1.30. The normalized spacial score (nSPS) is 19.2. The van der Waals surface area contributed by atoms with E-state index < -0.39 is 17.5 Å². The molecule has 2 aromatic carbocycles. The number of urea groups is 1. The quantitative estimate of drug-likeness (QED) is 0.538. The van der Waals surface area contributed by atoms with Crippen LogP contribution in [0.3, 0.4) is 0 Å². The van der Waals surface area contributed by atoms with Crippen molar-refractivity contribution in [3.8, 4) is 11.3 Å². The predicted octanol–water partition coefficient (Wildman–Crippen LogP) is 3.33. The number of amides is 4. The summed E-state index contributed by atoms with van der Waals surface area (Å²) in [5.41, 5.74) is 6.03. The third-order valence-electron chi connectivity index (χ3n) is 6.70. The zero-order valence-corrected chi connectivity index (χ0v) is 18.8. The first-order valence-corrected chi connectivity index (χ1v) is 10.9. The van der Waals surface area contributed by atoms with Crippen LogP contribution in [0.5, 0.6) is 0 Å². The molecule has 3 N–H and O–H groups in total. The highest BCUT2D eigenvalue weighted by atomic mass is 16.2. The Hall–Kier alpha value is -3.94. The smallest absolute Gasteiger partial charge is 0.319 e. The summed E-state index contributed by atoms with van der Waals surface area (Å²) in [6.45, 7) is 5.76. The summed E-state index contributed by atoms with van der Waals surface area (Å²) in [7, 11) is 0. The van der Waals surface area contributed by atoms with Crippen LogP contribution in [-0.4, -0.2) is 39.5 Å². The average Bonchev–Trinajstić information content (AvgIpc) is 3.45. The number of nitrogens with zero attached hydrogens (tertiary/aromatic N) is 2. The second-order valence-corrected chi connectivity index (χ2v) is 8.85. The topological polar surface area (TPSA) is 107 Å². The molecule has 1 aliphatic carbocycles. The number of fused-ring (bicyclic) bond motifs is 2. The molecule has 1 atom stereocenters. The molecule has 168 valence electrons. The van der Waals surface area contributed by atoms with Crippen molar-refractivity contribution in [1.29, 1.82) is 0 Å². The number of hydrogen-bond donors (Lipinski definition) is 3. The van der Waals surface area contributed by atoms with Gasteiger partial charge in [0, 0.05) is 11.6 Å². The lowest BCUT2D eigenvalue weighted by molar-refractivity contribution is -0.134. The van der Waals surface area contributed by atoms with E-state index in [1.54, 1.807) is 6.07 Å². The van der Waals surface area contributed by atoms with E-state index in [9.17, 15) is 14.4 Å². The number of rotatable bonds is 4. The fourth-order valence-corrected chi connectivity index (χ4v) is 4.83. The van der Waals surface area contributed by atoms with E-state index in [4.69, 9.17) is 0 Å². The van der Waals surface area contributed by atoms with Crippen LogP contribution in [0.1, 0.15) is 34.2 Å². The van der Waals surface area contributed by atoms with Crippen LogP contribution in [0.4, 0.5) is 10.6 Å². The number of H-pyrrole nitrogens is 1. The number of anilines is 1. The van der Waals surface area contributed by atoms with Crippen molar-refractivity contribution in [3.63, 3.8) is 0 Å². The largest absolute Gasteiger partial charge is 0.325 e. The van der Waals surface area contributed by atoms with Gasteiger partial charge in [-0.25, -0.2) is 4.79 Å². The molecule has 33 heavy (non-hydrogen) atoms. The molecule has 4 amide bonds. The van der Waals surface area contributed by atoms with Gasteiger partial charge < -0.3 is 10.6 Å². The van der Waals surface area contributed by atoms with Crippen LogP contribution in [0, 0.1) is 20.8 Å². The first kappa shape index (κ1) is 20.9. The summed E-state index contributed by atoms with van der Waals surface area (Å²) in [6, 6.07) is 13.0.